The molecule has 0 saturated heterocycles. The number of fused-ring (bicyclic) bond motifs is 1. The fourth-order valence-electron chi connectivity index (χ4n) is 1.39. The zero-order valence-corrected chi connectivity index (χ0v) is 9.34. The van der Waals surface area contributed by atoms with Crippen LogP contribution in [0.4, 0.5) is 0 Å². The summed E-state index contributed by atoms with van der Waals surface area (Å²) < 4.78 is 1.19. The number of rotatable bonds is 2. The molecular weight excluding hydrogens is 204 g/mol. The molecule has 0 radical (unpaired) electrons. The van der Waals surface area contributed by atoms with E-state index in [4.69, 9.17) is 5.73 Å². The molecule has 3 heteroatoms. The minimum atomic E-state index is -0.0311. The smallest absolute Gasteiger partial charge is 0.0809 e. The molecule has 0 aromatic carbocycles. The Morgan fingerprint density at radius 3 is 3.27 bits per heavy atom. The molecule has 0 bridgehead atoms. The maximum Gasteiger partial charge on any atom is 0.0809 e. The van der Waals surface area contributed by atoms with Crippen molar-refractivity contribution in [1.29, 1.82) is 0 Å². The van der Waals surface area contributed by atoms with Crippen LogP contribution in [0, 0.1) is 11.8 Å². The molecule has 2 aromatic heterocycles. The van der Waals surface area contributed by atoms with Gasteiger partial charge >= 0.3 is 0 Å². The summed E-state index contributed by atoms with van der Waals surface area (Å²) in [5.41, 5.74) is 8.11. The molecule has 2 N–H and O–H groups in total. The van der Waals surface area contributed by atoms with Gasteiger partial charge in [0.2, 0.25) is 0 Å². The zero-order valence-electron chi connectivity index (χ0n) is 8.53. The van der Waals surface area contributed by atoms with E-state index in [1.165, 1.54) is 4.70 Å². The summed E-state index contributed by atoms with van der Waals surface area (Å²) in [6.45, 7) is 1.83. The van der Waals surface area contributed by atoms with Crippen molar-refractivity contribution in [2.24, 2.45) is 5.73 Å². The monoisotopic (exact) mass is 216 g/mol. The Morgan fingerprint density at radius 2 is 2.47 bits per heavy atom. The number of pyridine rings is 1. The van der Waals surface area contributed by atoms with Crippen molar-refractivity contribution in [3.8, 4) is 11.8 Å². The summed E-state index contributed by atoms with van der Waals surface area (Å²) in [6, 6.07) is 4.09. The van der Waals surface area contributed by atoms with Crippen LogP contribution in [0.25, 0.3) is 10.2 Å². The van der Waals surface area contributed by atoms with Gasteiger partial charge in [-0.05, 0) is 30.0 Å². The fraction of sp³-hybridized carbons (Fsp3) is 0.250. The van der Waals surface area contributed by atoms with Crippen molar-refractivity contribution in [3.63, 3.8) is 0 Å². The van der Waals surface area contributed by atoms with Gasteiger partial charge in [-0.15, -0.1) is 23.2 Å². The summed E-state index contributed by atoms with van der Waals surface area (Å²) >= 11 is 1.69. The maximum absolute atomic E-state index is 6.00. The lowest BCUT2D eigenvalue weighted by atomic mass is 10.1. The van der Waals surface area contributed by atoms with Crippen molar-refractivity contribution in [2.45, 2.75) is 19.4 Å². The molecule has 1 unspecified atom stereocenters. The third-order valence-corrected chi connectivity index (χ3v) is 3.10. The molecule has 0 fully saturated rings. The van der Waals surface area contributed by atoms with Gasteiger partial charge in [0.1, 0.15) is 0 Å². The van der Waals surface area contributed by atoms with Crippen molar-refractivity contribution in [1.82, 2.24) is 4.98 Å². The van der Waals surface area contributed by atoms with E-state index in [9.17, 15) is 0 Å². The van der Waals surface area contributed by atoms with Crippen molar-refractivity contribution in [2.75, 3.05) is 0 Å². The zero-order chi connectivity index (χ0) is 10.7. The van der Waals surface area contributed by atoms with E-state index in [0.717, 1.165) is 11.1 Å². The van der Waals surface area contributed by atoms with E-state index in [1.807, 2.05) is 24.6 Å². The number of nitrogens with two attached hydrogens (primary N) is 1. The summed E-state index contributed by atoms with van der Waals surface area (Å²) in [4.78, 5) is 4.35. The standard InChI is InChI=1S/C12H12N2S/c1-2-3-4-10(13)9-7-12-11(14-8-9)5-6-15-12/h5-8,10H,4,13H2,1H3. The van der Waals surface area contributed by atoms with E-state index in [-0.39, 0.29) is 6.04 Å². The Bertz CT molecular complexity index is 519. The molecule has 2 heterocycles. The second kappa shape index (κ2) is 4.43. The van der Waals surface area contributed by atoms with Crippen LogP contribution in [0.15, 0.2) is 23.7 Å². The minimum absolute atomic E-state index is 0.0311. The number of aromatic nitrogens is 1. The van der Waals surface area contributed by atoms with Crippen LogP contribution in [0.5, 0.6) is 0 Å². The van der Waals surface area contributed by atoms with Gasteiger partial charge in [0.05, 0.1) is 10.2 Å². The fourth-order valence-corrected chi connectivity index (χ4v) is 2.18. The highest BCUT2D eigenvalue weighted by Gasteiger charge is 2.06. The van der Waals surface area contributed by atoms with E-state index >= 15 is 0 Å². The molecule has 0 saturated carbocycles. The molecule has 0 aliphatic rings. The highest BCUT2D eigenvalue weighted by molar-refractivity contribution is 7.17. The SMILES string of the molecule is CC#CCC(N)c1cnc2ccsc2c1. The lowest BCUT2D eigenvalue weighted by Gasteiger charge is -2.07. The second-order valence-corrected chi connectivity index (χ2v) is 4.26. The second-order valence-electron chi connectivity index (χ2n) is 3.31. The normalized spacial score (nSPS) is 12.1. The Hall–Kier alpha value is -1.37. The van der Waals surface area contributed by atoms with Crippen LogP contribution in [0.3, 0.4) is 0 Å². The molecule has 2 nitrogen and oxygen atoms in total. The highest BCUT2D eigenvalue weighted by Crippen LogP contribution is 2.22. The summed E-state index contributed by atoms with van der Waals surface area (Å²) in [6.07, 6.45) is 2.53. The predicted molar refractivity (Wildman–Crippen MR) is 64.6 cm³/mol. The molecule has 2 rings (SSSR count). The molecule has 1 atom stereocenters. The maximum atomic E-state index is 6.00. The Kier molecular flexibility index (Phi) is 3.00. The summed E-state index contributed by atoms with van der Waals surface area (Å²) in [5, 5.41) is 2.04. The Balaban J connectivity index is 2.29. The molecule has 0 aliphatic carbocycles. The van der Waals surface area contributed by atoms with Gasteiger partial charge in [0.25, 0.3) is 0 Å². The topological polar surface area (TPSA) is 38.9 Å². The average Bonchev–Trinajstić information content (AvgIpc) is 2.72. The van der Waals surface area contributed by atoms with Gasteiger partial charge in [-0.3, -0.25) is 4.98 Å². The quantitative estimate of drug-likeness (QED) is 0.784. The Morgan fingerprint density at radius 1 is 1.60 bits per heavy atom. The molecule has 15 heavy (non-hydrogen) atoms. The molecule has 0 aliphatic heterocycles. The highest BCUT2D eigenvalue weighted by atomic mass is 32.1. The van der Waals surface area contributed by atoms with E-state index in [2.05, 4.69) is 22.9 Å². The first kappa shape index (κ1) is 10.2. The number of thiophene rings is 1. The van der Waals surface area contributed by atoms with Gasteiger partial charge < -0.3 is 5.73 Å². The number of hydrogen-bond acceptors (Lipinski definition) is 3. The van der Waals surface area contributed by atoms with Crippen LogP contribution in [0.2, 0.25) is 0 Å². The minimum Gasteiger partial charge on any atom is -0.323 e. The molecule has 76 valence electrons. The number of nitrogens with zero attached hydrogens (tertiary/aromatic N) is 1. The van der Waals surface area contributed by atoms with Crippen molar-refractivity contribution < 1.29 is 0 Å². The molecule has 2 aromatic rings. The lowest BCUT2D eigenvalue weighted by molar-refractivity contribution is 0.752. The van der Waals surface area contributed by atoms with E-state index in [0.29, 0.717) is 6.42 Å². The van der Waals surface area contributed by atoms with Crippen LogP contribution in [0.1, 0.15) is 24.9 Å². The van der Waals surface area contributed by atoms with Gasteiger partial charge in [-0.1, -0.05) is 0 Å². The molecular formula is C12H12N2S. The van der Waals surface area contributed by atoms with Crippen LogP contribution in [-0.2, 0) is 0 Å². The summed E-state index contributed by atoms with van der Waals surface area (Å²) in [7, 11) is 0. The average molecular weight is 216 g/mol. The van der Waals surface area contributed by atoms with Crippen LogP contribution >= 0.6 is 11.3 Å². The van der Waals surface area contributed by atoms with E-state index in [1.54, 1.807) is 11.3 Å². The first-order valence-corrected chi connectivity index (χ1v) is 5.67. The van der Waals surface area contributed by atoms with Crippen molar-refractivity contribution >= 4 is 21.6 Å². The Labute approximate surface area is 93.1 Å². The first-order valence-electron chi connectivity index (χ1n) is 4.79. The lowest BCUT2D eigenvalue weighted by Crippen LogP contribution is -2.09. The van der Waals surface area contributed by atoms with Gasteiger partial charge in [0, 0.05) is 18.7 Å². The van der Waals surface area contributed by atoms with Gasteiger partial charge in [-0.25, -0.2) is 0 Å². The predicted octanol–water partition coefficient (Wildman–Crippen LogP) is 2.71. The van der Waals surface area contributed by atoms with Gasteiger partial charge in [-0.2, -0.15) is 0 Å². The largest absolute Gasteiger partial charge is 0.323 e. The van der Waals surface area contributed by atoms with Crippen molar-refractivity contribution in [3.05, 3.63) is 29.3 Å². The third-order valence-electron chi connectivity index (χ3n) is 2.25. The molecule has 0 spiro atoms. The van der Waals surface area contributed by atoms with Crippen LogP contribution in [-0.4, -0.2) is 4.98 Å². The first-order chi connectivity index (χ1) is 7.31. The molecule has 0 amide bonds. The van der Waals surface area contributed by atoms with Crippen LogP contribution < -0.4 is 5.73 Å². The van der Waals surface area contributed by atoms with Gasteiger partial charge in [0.15, 0.2) is 0 Å². The third kappa shape index (κ3) is 2.17. The van der Waals surface area contributed by atoms with E-state index < -0.39 is 0 Å². The number of hydrogen-bond donors (Lipinski definition) is 1. The summed E-state index contributed by atoms with van der Waals surface area (Å²) in [5.74, 6) is 5.84.